The number of hydrogen-bond donors (Lipinski definition) is 2. The van der Waals surface area contributed by atoms with Gasteiger partial charge in [-0.1, -0.05) is 0 Å². The summed E-state index contributed by atoms with van der Waals surface area (Å²) in [5.74, 6) is 0.457. The molecular formula is C11H9N5O2S. The fourth-order valence-corrected chi connectivity index (χ4v) is 2.28. The van der Waals surface area contributed by atoms with E-state index in [-0.39, 0.29) is 5.56 Å². The molecule has 0 aliphatic carbocycles. The molecule has 8 heteroatoms. The third-order valence-corrected chi connectivity index (χ3v) is 3.13. The van der Waals surface area contributed by atoms with Gasteiger partial charge in [0.15, 0.2) is 5.16 Å². The molecule has 1 aromatic carbocycles. The van der Waals surface area contributed by atoms with Gasteiger partial charge in [0.05, 0.1) is 10.9 Å². The van der Waals surface area contributed by atoms with Gasteiger partial charge < -0.3 is 15.1 Å². The Hall–Kier alpha value is -2.35. The zero-order valence-electron chi connectivity index (χ0n) is 9.88. The van der Waals surface area contributed by atoms with E-state index in [1.54, 1.807) is 25.1 Å². The van der Waals surface area contributed by atoms with E-state index in [9.17, 15) is 4.79 Å². The van der Waals surface area contributed by atoms with Crippen LogP contribution in [0.1, 0.15) is 5.89 Å². The minimum absolute atomic E-state index is 0.254. The number of fused-ring (bicyclic) bond motifs is 1. The molecule has 0 fully saturated rings. The lowest BCUT2D eigenvalue weighted by Crippen LogP contribution is -2.09. The Morgan fingerprint density at radius 3 is 2.95 bits per heavy atom. The van der Waals surface area contributed by atoms with Gasteiger partial charge in [0.1, 0.15) is 0 Å². The number of rotatable bonds is 2. The molecule has 0 saturated carbocycles. The first kappa shape index (κ1) is 11.7. The van der Waals surface area contributed by atoms with E-state index >= 15 is 0 Å². The number of nitrogens with two attached hydrogens (primary N) is 1. The van der Waals surface area contributed by atoms with Crippen molar-refractivity contribution in [1.29, 1.82) is 0 Å². The summed E-state index contributed by atoms with van der Waals surface area (Å²) in [6.07, 6.45) is 0. The van der Waals surface area contributed by atoms with Gasteiger partial charge in [-0.2, -0.15) is 0 Å². The monoisotopic (exact) mass is 275 g/mol. The maximum Gasteiger partial charge on any atom is 0.284 e. The molecule has 0 radical (unpaired) electrons. The quantitative estimate of drug-likeness (QED) is 0.536. The van der Waals surface area contributed by atoms with Crippen LogP contribution in [-0.4, -0.2) is 20.2 Å². The van der Waals surface area contributed by atoms with Crippen molar-refractivity contribution in [3.63, 3.8) is 0 Å². The number of aromatic amines is 1. The fourth-order valence-electron chi connectivity index (χ4n) is 1.59. The van der Waals surface area contributed by atoms with Crippen LogP contribution < -0.4 is 11.3 Å². The van der Waals surface area contributed by atoms with Crippen molar-refractivity contribution in [1.82, 2.24) is 20.2 Å². The third-order valence-electron chi connectivity index (χ3n) is 2.40. The van der Waals surface area contributed by atoms with E-state index < -0.39 is 0 Å². The van der Waals surface area contributed by atoms with Crippen LogP contribution in [0.15, 0.2) is 37.8 Å². The molecule has 0 aliphatic rings. The van der Waals surface area contributed by atoms with Crippen LogP contribution >= 0.6 is 11.8 Å². The first-order valence-corrected chi connectivity index (χ1v) is 6.21. The predicted octanol–water partition coefficient (Wildman–Crippen LogP) is 1.35. The van der Waals surface area contributed by atoms with Crippen LogP contribution in [0, 0.1) is 6.92 Å². The molecule has 0 bridgehead atoms. The molecule has 3 aromatic rings. The highest BCUT2D eigenvalue weighted by Crippen LogP contribution is 2.23. The van der Waals surface area contributed by atoms with Crippen molar-refractivity contribution in [2.75, 3.05) is 5.73 Å². The molecule has 3 N–H and O–H groups in total. The van der Waals surface area contributed by atoms with Crippen LogP contribution in [0.25, 0.3) is 10.9 Å². The van der Waals surface area contributed by atoms with Crippen LogP contribution in [0.3, 0.4) is 0 Å². The van der Waals surface area contributed by atoms with Gasteiger partial charge in [-0.15, -0.1) is 10.2 Å². The number of hydrogen-bond acceptors (Lipinski definition) is 7. The highest BCUT2D eigenvalue weighted by Gasteiger charge is 2.09. The molecule has 3 rings (SSSR count). The topological polar surface area (TPSA) is 111 Å². The number of nitrogen functional groups attached to an aromatic ring is 1. The van der Waals surface area contributed by atoms with Crippen LogP contribution in [-0.2, 0) is 0 Å². The lowest BCUT2D eigenvalue weighted by atomic mass is 10.2. The van der Waals surface area contributed by atoms with Crippen molar-refractivity contribution >= 4 is 28.4 Å². The van der Waals surface area contributed by atoms with E-state index in [1.165, 1.54) is 0 Å². The van der Waals surface area contributed by atoms with Crippen LogP contribution in [0.2, 0.25) is 0 Å². The Kier molecular flexibility index (Phi) is 2.71. The standard InChI is InChI=1S/C11H9N5O2S/c1-5-15-16-11(18-5)19-10-13-8-3-2-6(12)4-7(8)9(17)14-10/h2-4H,12H2,1H3,(H,13,14,17). The largest absolute Gasteiger partial charge is 0.416 e. The summed E-state index contributed by atoms with van der Waals surface area (Å²) < 4.78 is 5.22. The smallest absolute Gasteiger partial charge is 0.284 e. The second-order valence-corrected chi connectivity index (χ2v) is 4.78. The number of nitrogens with zero attached hydrogens (tertiary/aromatic N) is 3. The second-order valence-electron chi connectivity index (χ2n) is 3.84. The van der Waals surface area contributed by atoms with Crippen molar-refractivity contribution in [3.8, 4) is 0 Å². The molecule has 2 heterocycles. The lowest BCUT2D eigenvalue weighted by molar-refractivity contribution is 0.429. The van der Waals surface area contributed by atoms with E-state index in [0.717, 1.165) is 11.8 Å². The molecule has 0 spiro atoms. The highest BCUT2D eigenvalue weighted by molar-refractivity contribution is 7.98. The maximum atomic E-state index is 11.9. The summed E-state index contributed by atoms with van der Waals surface area (Å²) >= 11 is 1.10. The third kappa shape index (κ3) is 2.29. The number of anilines is 1. The minimum Gasteiger partial charge on any atom is -0.416 e. The molecule has 0 amide bonds. The van der Waals surface area contributed by atoms with E-state index in [0.29, 0.717) is 32.9 Å². The van der Waals surface area contributed by atoms with Gasteiger partial charge in [0, 0.05) is 24.4 Å². The Balaban J connectivity index is 2.06. The summed E-state index contributed by atoms with van der Waals surface area (Å²) in [6.45, 7) is 1.69. The molecule has 0 unspecified atom stereocenters. The molecule has 0 atom stereocenters. The summed E-state index contributed by atoms with van der Waals surface area (Å²) in [6, 6.07) is 4.98. The SMILES string of the molecule is Cc1nnc(Sc2nc3ccc(N)cc3c(=O)[nH]2)o1. The first-order chi connectivity index (χ1) is 9.11. The molecule has 0 saturated heterocycles. The number of aromatic nitrogens is 4. The van der Waals surface area contributed by atoms with Gasteiger partial charge in [-0.25, -0.2) is 4.98 Å². The molecule has 0 aliphatic heterocycles. The Morgan fingerprint density at radius 2 is 2.21 bits per heavy atom. The Bertz CT molecular complexity index is 810. The van der Waals surface area contributed by atoms with Crippen molar-refractivity contribution < 1.29 is 4.42 Å². The molecule has 7 nitrogen and oxygen atoms in total. The maximum absolute atomic E-state index is 11.9. The van der Waals surface area contributed by atoms with Gasteiger partial charge in [0.2, 0.25) is 5.89 Å². The molecule has 96 valence electrons. The molecule has 2 aromatic heterocycles. The summed E-state index contributed by atoms with van der Waals surface area (Å²) in [5, 5.41) is 8.71. The van der Waals surface area contributed by atoms with Crippen molar-refractivity contribution in [2.45, 2.75) is 17.3 Å². The average Bonchev–Trinajstić information content (AvgIpc) is 2.76. The summed E-state index contributed by atoms with van der Waals surface area (Å²) in [7, 11) is 0. The fraction of sp³-hybridized carbons (Fsp3) is 0.0909. The van der Waals surface area contributed by atoms with Gasteiger partial charge in [-0.05, 0) is 18.2 Å². The van der Waals surface area contributed by atoms with E-state index in [1.807, 2.05) is 0 Å². The highest BCUT2D eigenvalue weighted by atomic mass is 32.2. The van der Waals surface area contributed by atoms with E-state index in [2.05, 4.69) is 20.2 Å². The number of H-pyrrole nitrogens is 1. The second kappa shape index (κ2) is 4.39. The average molecular weight is 275 g/mol. The van der Waals surface area contributed by atoms with Gasteiger partial charge in [0.25, 0.3) is 10.8 Å². The van der Waals surface area contributed by atoms with Crippen LogP contribution in [0.5, 0.6) is 0 Å². The number of benzene rings is 1. The lowest BCUT2D eigenvalue weighted by Gasteiger charge is -2.00. The van der Waals surface area contributed by atoms with Gasteiger partial charge in [-0.3, -0.25) is 4.79 Å². The van der Waals surface area contributed by atoms with E-state index in [4.69, 9.17) is 10.2 Å². The van der Waals surface area contributed by atoms with Gasteiger partial charge >= 0.3 is 0 Å². The van der Waals surface area contributed by atoms with Crippen molar-refractivity contribution in [3.05, 3.63) is 34.4 Å². The summed E-state index contributed by atoms with van der Waals surface area (Å²) in [5.41, 5.74) is 6.47. The Morgan fingerprint density at radius 1 is 1.37 bits per heavy atom. The number of aryl methyl sites for hydroxylation is 1. The predicted molar refractivity (Wildman–Crippen MR) is 69.9 cm³/mol. The first-order valence-electron chi connectivity index (χ1n) is 5.39. The van der Waals surface area contributed by atoms with Crippen LogP contribution in [0.4, 0.5) is 5.69 Å². The van der Waals surface area contributed by atoms with Crippen molar-refractivity contribution in [2.24, 2.45) is 0 Å². The minimum atomic E-state index is -0.254. The zero-order valence-corrected chi connectivity index (χ0v) is 10.7. The zero-order chi connectivity index (χ0) is 13.4. The molecule has 19 heavy (non-hydrogen) atoms. The Labute approximate surface area is 111 Å². The number of nitrogens with one attached hydrogen (secondary N) is 1. The normalized spacial score (nSPS) is 11.0. The summed E-state index contributed by atoms with van der Waals surface area (Å²) in [4.78, 5) is 18.9. The molecular weight excluding hydrogens is 266 g/mol.